The number of pyridine rings is 1. The van der Waals surface area contributed by atoms with Gasteiger partial charge in [-0.2, -0.15) is 5.48 Å². The first kappa shape index (κ1) is 11.4. The number of aromatic nitrogens is 1. The molecule has 0 saturated carbocycles. The van der Waals surface area contributed by atoms with E-state index in [1.807, 2.05) is 0 Å². The second kappa shape index (κ2) is 4.68. The fourth-order valence-corrected chi connectivity index (χ4v) is 1.35. The van der Waals surface area contributed by atoms with E-state index in [0.717, 1.165) is 6.20 Å². The van der Waals surface area contributed by atoms with Crippen LogP contribution in [-0.4, -0.2) is 11.6 Å². The number of halogens is 2. The standard InChI is InChI=1S/C8H9FN2O2.BrH/c9-5-3-6(8(12)10-4-5)7-1-2-13-11-7;/h3-4,7,11H,1-2H2,(H,10,12);1H/t7-;/m1./s1. The van der Waals surface area contributed by atoms with Crippen molar-refractivity contribution in [3.63, 3.8) is 0 Å². The van der Waals surface area contributed by atoms with Crippen molar-refractivity contribution in [2.45, 2.75) is 12.5 Å². The minimum atomic E-state index is -0.441. The van der Waals surface area contributed by atoms with Crippen LogP contribution in [0, 0.1) is 5.82 Å². The molecular weight excluding hydrogens is 255 g/mol. The number of aromatic amines is 1. The topological polar surface area (TPSA) is 54.1 Å². The molecule has 0 amide bonds. The number of H-pyrrole nitrogens is 1. The lowest BCUT2D eigenvalue weighted by molar-refractivity contribution is 0.0880. The highest BCUT2D eigenvalue weighted by Gasteiger charge is 2.20. The number of hydroxylamine groups is 1. The molecule has 1 aromatic heterocycles. The van der Waals surface area contributed by atoms with Crippen LogP contribution >= 0.6 is 17.0 Å². The molecule has 6 heteroatoms. The normalized spacial score (nSPS) is 20.5. The summed E-state index contributed by atoms with van der Waals surface area (Å²) in [6, 6.07) is 1.03. The third kappa shape index (κ3) is 2.20. The van der Waals surface area contributed by atoms with E-state index >= 15 is 0 Å². The predicted molar refractivity (Wildman–Crippen MR) is 53.8 cm³/mol. The number of hydrogen-bond donors (Lipinski definition) is 2. The molecule has 1 aromatic rings. The van der Waals surface area contributed by atoms with Gasteiger partial charge < -0.3 is 9.82 Å². The van der Waals surface area contributed by atoms with Gasteiger partial charge in [0.25, 0.3) is 5.56 Å². The van der Waals surface area contributed by atoms with Gasteiger partial charge in [-0.15, -0.1) is 17.0 Å². The van der Waals surface area contributed by atoms with Gasteiger partial charge in [-0.25, -0.2) is 4.39 Å². The van der Waals surface area contributed by atoms with Crippen LogP contribution in [-0.2, 0) is 4.84 Å². The Morgan fingerprint density at radius 3 is 3.00 bits per heavy atom. The quantitative estimate of drug-likeness (QED) is 0.798. The molecule has 1 saturated heterocycles. The summed E-state index contributed by atoms with van der Waals surface area (Å²) >= 11 is 0. The average Bonchev–Trinajstić information content (AvgIpc) is 2.61. The van der Waals surface area contributed by atoms with Crippen LogP contribution in [0.2, 0.25) is 0 Å². The molecule has 1 aliphatic heterocycles. The molecule has 14 heavy (non-hydrogen) atoms. The van der Waals surface area contributed by atoms with Crippen LogP contribution in [0.15, 0.2) is 17.1 Å². The van der Waals surface area contributed by atoms with E-state index in [1.165, 1.54) is 6.07 Å². The van der Waals surface area contributed by atoms with Crippen molar-refractivity contribution in [3.05, 3.63) is 34.0 Å². The lowest BCUT2D eigenvalue weighted by Crippen LogP contribution is -2.21. The van der Waals surface area contributed by atoms with Crippen LogP contribution in [0.3, 0.4) is 0 Å². The van der Waals surface area contributed by atoms with Crippen LogP contribution in [0.4, 0.5) is 4.39 Å². The SMILES string of the molecule is Br.O=c1[nH]cc(F)cc1[C@H]1CCON1. The highest BCUT2D eigenvalue weighted by Crippen LogP contribution is 2.17. The Labute approximate surface area is 90.2 Å². The summed E-state index contributed by atoms with van der Waals surface area (Å²) in [5.74, 6) is -0.441. The van der Waals surface area contributed by atoms with E-state index in [1.54, 1.807) is 0 Å². The maximum atomic E-state index is 12.8. The number of hydrogen-bond acceptors (Lipinski definition) is 3. The molecule has 2 rings (SSSR count). The Kier molecular flexibility index (Phi) is 3.79. The molecule has 0 spiro atoms. The molecular formula is C8H10BrFN2O2. The second-order valence-corrected chi connectivity index (χ2v) is 2.91. The second-order valence-electron chi connectivity index (χ2n) is 2.91. The Morgan fingerprint density at radius 2 is 2.36 bits per heavy atom. The highest BCUT2D eigenvalue weighted by atomic mass is 79.9. The zero-order valence-electron chi connectivity index (χ0n) is 7.25. The van der Waals surface area contributed by atoms with Gasteiger partial charge >= 0.3 is 0 Å². The van der Waals surface area contributed by atoms with Crippen LogP contribution in [0.5, 0.6) is 0 Å². The molecule has 2 N–H and O–H groups in total. The maximum absolute atomic E-state index is 12.8. The molecule has 0 aromatic carbocycles. The molecule has 1 aliphatic rings. The molecule has 0 bridgehead atoms. The minimum absolute atomic E-state index is 0. The van der Waals surface area contributed by atoms with E-state index < -0.39 is 5.82 Å². The summed E-state index contributed by atoms with van der Waals surface area (Å²) in [5.41, 5.74) is 2.77. The lowest BCUT2D eigenvalue weighted by Gasteiger charge is -2.06. The van der Waals surface area contributed by atoms with E-state index in [0.29, 0.717) is 18.6 Å². The smallest absolute Gasteiger partial charge is 0.253 e. The Morgan fingerprint density at radius 1 is 1.57 bits per heavy atom. The van der Waals surface area contributed by atoms with Crippen molar-refractivity contribution < 1.29 is 9.23 Å². The van der Waals surface area contributed by atoms with Gasteiger partial charge in [-0.1, -0.05) is 0 Å². The summed E-state index contributed by atoms with van der Waals surface area (Å²) in [6.45, 7) is 0.542. The fourth-order valence-electron chi connectivity index (χ4n) is 1.35. The van der Waals surface area contributed by atoms with Crippen molar-refractivity contribution >= 4 is 17.0 Å². The van der Waals surface area contributed by atoms with Crippen molar-refractivity contribution in [1.29, 1.82) is 0 Å². The molecule has 1 fully saturated rings. The first-order valence-electron chi connectivity index (χ1n) is 4.03. The van der Waals surface area contributed by atoms with Crippen LogP contribution in [0.1, 0.15) is 18.0 Å². The third-order valence-electron chi connectivity index (χ3n) is 2.01. The molecule has 78 valence electrons. The summed E-state index contributed by atoms with van der Waals surface area (Å²) in [6.07, 6.45) is 1.73. The third-order valence-corrected chi connectivity index (χ3v) is 2.01. The van der Waals surface area contributed by atoms with Gasteiger partial charge in [0.15, 0.2) is 0 Å². The molecule has 1 atom stereocenters. The van der Waals surface area contributed by atoms with Gasteiger partial charge in [0.05, 0.1) is 12.6 Å². The molecule has 0 radical (unpaired) electrons. The van der Waals surface area contributed by atoms with Crippen LogP contribution < -0.4 is 11.0 Å². The zero-order chi connectivity index (χ0) is 9.26. The number of nitrogens with one attached hydrogen (secondary N) is 2. The maximum Gasteiger partial charge on any atom is 0.253 e. The molecule has 4 nitrogen and oxygen atoms in total. The van der Waals surface area contributed by atoms with Gasteiger partial charge in [-0.05, 0) is 12.5 Å². The van der Waals surface area contributed by atoms with E-state index in [2.05, 4.69) is 10.5 Å². The Balaban J connectivity index is 0.000000980. The minimum Gasteiger partial charge on any atom is -0.326 e. The highest BCUT2D eigenvalue weighted by molar-refractivity contribution is 8.93. The summed E-state index contributed by atoms with van der Waals surface area (Å²) in [7, 11) is 0. The Hall–Kier alpha value is -0.720. The van der Waals surface area contributed by atoms with Crippen LogP contribution in [0.25, 0.3) is 0 Å². The fraction of sp³-hybridized carbons (Fsp3) is 0.375. The monoisotopic (exact) mass is 264 g/mol. The van der Waals surface area contributed by atoms with E-state index in [9.17, 15) is 9.18 Å². The molecule has 0 unspecified atom stereocenters. The molecule has 2 heterocycles. The summed E-state index contributed by atoms with van der Waals surface area (Å²) in [4.78, 5) is 18.4. The van der Waals surface area contributed by atoms with Gasteiger partial charge in [0.1, 0.15) is 5.82 Å². The largest absolute Gasteiger partial charge is 0.326 e. The first-order chi connectivity index (χ1) is 6.27. The first-order valence-corrected chi connectivity index (χ1v) is 4.03. The van der Waals surface area contributed by atoms with Crippen molar-refractivity contribution in [2.24, 2.45) is 0 Å². The van der Waals surface area contributed by atoms with Crippen molar-refractivity contribution in [2.75, 3.05) is 6.61 Å². The Bertz CT molecular complexity index is 363. The lowest BCUT2D eigenvalue weighted by atomic mass is 10.1. The van der Waals surface area contributed by atoms with Gasteiger partial charge in [-0.3, -0.25) is 4.79 Å². The predicted octanol–water partition coefficient (Wildman–Crippen LogP) is 1.06. The van der Waals surface area contributed by atoms with E-state index in [4.69, 9.17) is 4.84 Å². The van der Waals surface area contributed by atoms with Crippen molar-refractivity contribution in [1.82, 2.24) is 10.5 Å². The van der Waals surface area contributed by atoms with Gasteiger partial charge in [0.2, 0.25) is 0 Å². The summed E-state index contributed by atoms with van der Waals surface area (Å²) in [5, 5.41) is 0. The van der Waals surface area contributed by atoms with Crippen molar-refractivity contribution in [3.8, 4) is 0 Å². The average molecular weight is 265 g/mol. The van der Waals surface area contributed by atoms with E-state index in [-0.39, 0.29) is 28.6 Å². The van der Waals surface area contributed by atoms with Gasteiger partial charge in [0, 0.05) is 11.8 Å². The summed E-state index contributed by atoms with van der Waals surface area (Å²) < 4.78 is 12.8. The zero-order valence-corrected chi connectivity index (χ0v) is 8.96. The molecule has 0 aliphatic carbocycles. The number of rotatable bonds is 1.